The van der Waals surface area contributed by atoms with Gasteiger partial charge in [0.1, 0.15) is 17.5 Å². The van der Waals surface area contributed by atoms with Crippen molar-refractivity contribution in [3.63, 3.8) is 0 Å². The number of H-pyrrole nitrogens is 1. The van der Waals surface area contributed by atoms with Crippen LogP contribution in [-0.4, -0.2) is 121 Å². The van der Waals surface area contributed by atoms with Crippen LogP contribution in [0.25, 0.3) is 22.2 Å². The number of piperazine rings is 1. The Morgan fingerprint density at radius 2 is 1.58 bits per heavy atom. The van der Waals surface area contributed by atoms with Gasteiger partial charge in [0.25, 0.3) is 0 Å². The summed E-state index contributed by atoms with van der Waals surface area (Å²) >= 11 is 0. The number of aromatic amines is 1. The minimum atomic E-state index is -4.15. The van der Waals surface area contributed by atoms with Gasteiger partial charge in [0.15, 0.2) is 5.82 Å². The average Bonchev–Trinajstić information content (AvgIpc) is 3.72. The van der Waals surface area contributed by atoms with E-state index in [2.05, 4.69) is 35.1 Å². The number of fused-ring (bicyclic) bond motifs is 1. The molecule has 0 radical (unpaired) electrons. The highest BCUT2D eigenvalue weighted by Crippen LogP contribution is 2.33. The van der Waals surface area contributed by atoms with Crippen molar-refractivity contribution in [1.82, 2.24) is 24.5 Å². The molecule has 1 atom stereocenters. The summed E-state index contributed by atoms with van der Waals surface area (Å²) < 4.78 is 58.8. The van der Waals surface area contributed by atoms with E-state index in [1.807, 2.05) is 48.5 Å². The molecule has 5 aromatic rings. The number of hydrogen-bond donors (Lipinski definition) is 5. The molecule has 0 spiro atoms. The summed E-state index contributed by atoms with van der Waals surface area (Å²) in [4.78, 5) is 64.2. The third-order valence-corrected chi connectivity index (χ3v) is 13.9. The number of imide groups is 1. The highest BCUT2D eigenvalue weighted by Gasteiger charge is 2.37. The molecule has 5 heterocycles. The van der Waals surface area contributed by atoms with E-state index in [1.165, 1.54) is 13.2 Å². The summed E-state index contributed by atoms with van der Waals surface area (Å²) in [6.45, 7) is 5.05. The predicted octanol–water partition coefficient (Wildman–Crippen LogP) is 4.63. The smallest absolute Gasteiger partial charge is 0.301 e. The molecule has 3 fully saturated rings. The fourth-order valence-corrected chi connectivity index (χ4v) is 9.27. The Balaban J connectivity index is 0.846. The van der Waals surface area contributed by atoms with Gasteiger partial charge in [-0.1, -0.05) is 19.1 Å². The Morgan fingerprint density at radius 1 is 0.922 bits per heavy atom. The van der Waals surface area contributed by atoms with Crippen LogP contribution in [0.1, 0.15) is 54.9 Å². The van der Waals surface area contributed by atoms with Gasteiger partial charge in [-0.15, -0.1) is 0 Å². The number of nitrogens with one attached hydrogen (secondary N) is 4. The lowest BCUT2D eigenvalue weighted by molar-refractivity contribution is -0.138. The van der Waals surface area contributed by atoms with E-state index in [0.717, 1.165) is 39.1 Å². The third kappa shape index (κ3) is 9.27. The molecule has 5 N–H and O–H groups in total. The van der Waals surface area contributed by atoms with Crippen LogP contribution in [0.2, 0.25) is 0 Å². The fraction of sp³-hybridized carbons (Fsp3) is 0.356. The van der Waals surface area contributed by atoms with E-state index in [1.54, 1.807) is 24.1 Å². The minimum absolute atomic E-state index is 0.0420. The van der Waals surface area contributed by atoms with Crippen LogP contribution >= 0.6 is 0 Å². The zero-order valence-electron chi connectivity index (χ0n) is 35.4. The van der Waals surface area contributed by atoms with Gasteiger partial charge < -0.3 is 30.1 Å². The maximum Gasteiger partial charge on any atom is 0.301 e. The molecular weight excluding hydrogens is 849 g/mol. The Hall–Kier alpha value is -6.44. The number of amides is 3. The summed E-state index contributed by atoms with van der Waals surface area (Å²) in [7, 11) is -2.86. The molecule has 19 heteroatoms. The van der Waals surface area contributed by atoms with Crippen LogP contribution in [0.3, 0.4) is 0 Å². The molecule has 3 saturated heterocycles. The van der Waals surface area contributed by atoms with Crippen LogP contribution in [0.4, 0.5) is 31.5 Å². The SMILES string of the molecule is CCN(C)S(=O)(=O)Nc1ccc(F)c(C(=O)c2c[nH]c3ncc(-c4ccc(N5CCN(C(=O)CC6(O)CCN(c7ccc(NC8CCC(=O)NC8=O)cc7)CC6)CC5)cc4)cc23)c1F. The summed E-state index contributed by atoms with van der Waals surface area (Å²) in [6, 6.07) is 18.4. The first-order valence-electron chi connectivity index (χ1n) is 21.2. The molecule has 16 nitrogen and oxygen atoms in total. The molecule has 1 unspecified atom stereocenters. The second-order valence-electron chi connectivity index (χ2n) is 16.5. The first kappa shape index (κ1) is 44.2. The number of halogens is 2. The molecule has 3 aliphatic rings. The normalized spacial score (nSPS) is 18.0. The average molecular weight is 898 g/mol. The number of aromatic nitrogens is 2. The van der Waals surface area contributed by atoms with Crippen molar-refractivity contribution in [3.8, 4) is 11.1 Å². The highest BCUT2D eigenvalue weighted by atomic mass is 32.2. The fourth-order valence-electron chi connectivity index (χ4n) is 8.34. The van der Waals surface area contributed by atoms with E-state index in [4.69, 9.17) is 0 Å². The second kappa shape index (κ2) is 18.0. The van der Waals surface area contributed by atoms with E-state index in [9.17, 15) is 32.7 Å². The van der Waals surface area contributed by atoms with Crippen molar-refractivity contribution in [3.05, 3.63) is 102 Å². The van der Waals surface area contributed by atoms with Crippen molar-refractivity contribution in [2.45, 2.75) is 50.7 Å². The summed E-state index contributed by atoms with van der Waals surface area (Å²) in [6.07, 6.45) is 4.61. The van der Waals surface area contributed by atoms with Gasteiger partial charge in [0.2, 0.25) is 23.5 Å². The van der Waals surface area contributed by atoms with Crippen molar-refractivity contribution in [2.75, 3.05) is 72.7 Å². The number of nitrogens with zero attached hydrogens (tertiary/aromatic N) is 5. The Morgan fingerprint density at radius 3 is 2.23 bits per heavy atom. The van der Waals surface area contributed by atoms with E-state index >= 15 is 8.78 Å². The molecule has 0 aliphatic carbocycles. The maximum atomic E-state index is 15.6. The first-order chi connectivity index (χ1) is 30.6. The van der Waals surface area contributed by atoms with Gasteiger partial charge in [-0.05, 0) is 79.4 Å². The quantitative estimate of drug-likeness (QED) is 0.0816. The molecule has 0 bridgehead atoms. The lowest BCUT2D eigenvalue weighted by Gasteiger charge is -2.41. The van der Waals surface area contributed by atoms with Crippen LogP contribution < -0.4 is 25.2 Å². The number of pyridine rings is 1. The number of piperidine rings is 2. The van der Waals surface area contributed by atoms with Crippen molar-refractivity contribution < 1.29 is 41.5 Å². The molecule has 2 aromatic heterocycles. The molecule has 64 heavy (non-hydrogen) atoms. The second-order valence-corrected chi connectivity index (χ2v) is 18.2. The number of rotatable bonds is 13. The molecule has 0 saturated carbocycles. The molecule has 8 rings (SSSR count). The Bertz CT molecular complexity index is 2700. The number of hydrogen-bond acceptors (Lipinski definition) is 11. The zero-order valence-corrected chi connectivity index (χ0v) is 36.2. The third-order valence-electron chi connectivity index (χ3n) is 12.4. The van der Waals surface area contributed by atoms with E-state index in [-0.39, 0.29) is 36.3 Å². The number of anilines is 4. The first-order valence-corrected chi connectivity index (χ1v) is 22.6. The van der Waals surface area contributed by atoms with Gasteiger partial charge in [0, 0.05) is 105 Å². The summed E-state index contributed by atoms with van der Waals surface area (Å²) in [5.74, 6) is -4.14. The molecular formula is C45H49F2N9O7S. The summed E-state index contributed by atoms with van der Waals surface area (Å²) in [5, 5.41) is 17.3. The van der Waals surface area contributed by atoms with Gasteiger partial charge in [-0.3, -0.25) is 29.2 Å². The lowest BCUT2D eigenvalue weighted by atomic mass is 9.87. The van der Waals surface area contributed by atoms with E-state index < -0.39 is 50.5 Å². The maximum absolute atomic E-state index is 15.6. The molecule has 336 valence electrons. The molecule has 3 aliphatic heterocycles. The lowest BCUT2D eigenvalue weighted by Crippen LogP contribution is -2.52. The standard InChI is InChI=1S/C45H49F2N9O7S/c1-3-53(2)64(62,63)52-36-13-12-35(46)40(41(36)47)42(59)34-27-49-43-33(34)24-29(26-48-43)28-4-8-31(9-5-28)55-20-22-56(23-21-55)39(58)25-45(61)16-18-54(19-17-45)32-10-6-30(7-11-32)50-37-14-15-38(57)51-44(37)60/h4-13,24,26-27,37,50,52,61H,3,14-23,25H2,1-2H3,(H,48,49)(H,51,57,60). The van der Waals surface area contributed by atoms with Crippen molar-refractivity contribution in [1.29, 1.82) is 0 Å². The van der Waals surface area contributed by atoms with Crippen LogP contribution in [0.5, 0.6) is 0 Å². The minimum Gasteiger partial charge on any atom is -0.389 e. The number of aliphatic hydroxyl groups is 1. The zero-order chi connectivity index (χ0) is 45.3. The summed E-state index contributed by atoms with van der Waals surface area (Å²) in [5.41, 5.74) is 1.83. The predicted molar refractivity (Wildman–Crippen MR) is 238 cm³/mol. The van der Waals surface area contributed by atoms with E-state index in [0.29, 0.717) is 81.5 Å². The Labute approximate surface area is 368 Å². The van der Waals surface area contributed by atoms with Crippen LogP contribution in [0, 0.1) is 11.6 Å². The van der Waals surface area contributed by atoms with Gasteiger partial charge in [-0.2, -0.15) is 12.7 Å². The largest absolute Gasteiger partial charge is 0.389 e. The van der Waals surface area contributed by atoms with Crippen LogP contribution in [0.15, 0.2) is 79.1 Å². The number of carbonyl (C=O) groups is 4. The van der Waals surface area contributed by atoms with Crippen molar-refractivity contribution >= 4 is 67.5 Å². The van der Waals surface area contributed by atoms with Gasteiger partial charge in [0.05, 0.1) is 23.3 Å². The number of carbonyl (C=O) groups excluding carboxylic acids is 4. The molecule has 3 amide bonds. The van der Waals surface area contributed by atoms with Gasteiger partial charge in [-0.25, -0.2) is 13.8 Å². The van der Waals surface area contributed by atoms with Crippen molar-refractivity contribution in [2.24, 2.45) is 0 Å². The molecule has 3 aromatic carbocycles. The Kier molecular flexibility index (Phi) is 12.4. The number of ketones is 1. The van der Waals surface area contributed by atoms with Gasteiger partial charge >= 0.3 is 10.2 Å². The monoisotopic (exact) mass is 897 g/mol. The number of benzene rings is 3. The topological polar surface area (TPSA) is 200 Å². The van der Waals surface area contributed by atoms with Crippen LogP contribution in [-0.2, 0) is 24.6 Å². The highest BCUT2D eigenvalue weighted by molar-refractivity contribution is 7.90.